The molecule has 12 heteroatoms. The van der Waals surface area contributed by atoms with Crippen molar-refractivity contribution in [3.05, 3.63) is 84.3 Å². The highest BCUT2D eigenvalue weighted by molar-refractivity contribution is 6.04. The number of H-pyrrole nitrogens is 1. The minimum absolute atomic E-state index is 0.0525. The van der Waals surface area contributed by atoms with Crippen LogP contribution in [0.2, 0.25) is 0 Å². The topological polar surface area (TPSA) is 115 Å². The SMILES string of the molecule is CNC(=O)Oc1cc(Oc2cccc(-c3c[nH]c(C(=O)Nc4cc(C(F)(F)F)ccc4OC)c3)c2)ccn1. The van der Waals surface area contributed by atoms with Gasteiger partial charge in [0.2, 0.25) is 5.88 Å². The molecule has 0 fully saturated rings. The molecule has 0 aliphatic heterocycles. The highest BCUT2D eigenvalue weighted by atomic mass is 19.4. The summed E-state index contributed by atoms with van der Waals surface area (Å²) in [6, 6.07) is 14.4. The van der Waals surface area contributed by atoms with Gasteiger partial charge in [-0.25, -0.2) is 9.78 Å². The molecule has 0 unspecified atom stereocenters. The van der Waals surface area contributed by atoms with E-state index >= 15 is 0 Å². The fourth-order valence-electron chi connectivity index (χ4n) is 3.40. The number of halogens is 3. The molecule has 0 aliphatic carbocycles. The molecule has 0 saturated heterocycles. The summed E-state index contributed by atoms with van der Waals surface area (Å²) in [6.45, 7) is 0. The molecule has 2 amide bonds. The van der Waals surface area contributed by atoms with Crippen LogP contribution in [0.15, 0.2) is 73.1 Å². The molecule has 4 aromatic rings. The maximum Gasteiger partial charge on any atom is 0.416 e. The Labute approximate surface area is 214 Å². The van der Waals surface area contributed by atoms with Gasteiger partial charge >= 0.3 is 12.3 Å². The van der Waals surface area contributed by atoms with E-state index in [1.807, 2.05) is 0 Å². The zero-order valence-electron chi connectivity index (χ0n) is 20.1. The van der Waals surface area contributed by atoms with Crippen LogP contribution < -0.4 is 24.8 Å². The Bertz CT molecular complexity index is 1470. The number of nitrogens with zero attached hydrogens (tertiary/aromatic N) is 1. The molecular weight excluding hydrogens is 505 g/mol. The molecule has 9 nitrogen and oxygen atoms in total. The lowest BCUT2D eigenvalue weighted by atomic mass is 10.1. The molecule has 0 bridgehead atoms. The highest BCUT2D eigenvalue weighted by Crippen LogP contribution is 2.35. The Morgan fingerprint density at radius 1 is 0.974 bits per heavy atom. The molecule has 0 atom stereocenters. The third-order valence-corrected chi connectivity index (χ3v) is 5.21. The summed E-state index contributed by atoms with van der Waals surface area (Å²) in [6.07, 6.45) is -2.24. The van der Waals surface area contributed by atoms with E-state index in [0.717, 1.165) is 18.2 Å². The molecule has 38 heavy (non-hydrogen) atoms. The summed E-state index contributed by atoms with van der Waals surface area (Å²) < 4.78 is 55.3. The number of hydrogen-bond donors (Lipinski definition) is 3. The van der Waals surface area contributed by atoms with E-state index < -0.39 is 23.7 Å². The fourth-order valence-corrected chi connectivity index (χ4v) is 3.40. The van der Waals surface area contributed by atoms with E-state index in [-0.39, 0.29) is 23.0 Å². The Morgan fingerprint density at radius 3 is 2.50 bits per heavy atom. The number of aromatic amines is 1. The monoisotopic (exact) mass is 526 g/mol. The number of alkyl halides is 3. The maximum atomic E-state index is 13.1. The Kier molecular flexibility index (Phi) is 7.51. The minimum Gasteiger partial charge on any atom is -0.495 e. The van der Waals surface area contributed by atoms with Crippen LogP contribution in [-0.2, 0) is 6.18 Å². The van der Waals surface area contributed by atoms with E-state index in [2.05, 4.69) is 20.6 Å². The molecule has 196 valence electrons. The van der Waals surface area contributed by atoms with E-state index in [0.29, 0.717) is 22.6 Å². The Balaban J connectivity index is 1.50. The second-order valence-electron chi connectivity index (χ2n) is 7.77. The number of methoxy groups -OCH3 is 1. The van der Waals surface area contributed by atoms with E-state index in [1.54, 1.807) is 42.6 Å². The Hall–Kier alpha value is -5.00. The standard InChI is InChI=1S/C26H21F3N4O5/c1-30-25(35)38-23-13-19(8-9-31-23)37-18-5-3-4-15(10-18)16-11-21(32-14-16)24(34)33-20-12-17(26(27,28)29)6-7-22(20)36-2/h3-14,32H,1-2H3,(H,30,35)(H,33,34). The van der Waals surface area contributed by atoms with Crippen molar-refractivity contribution in [1.29, 1.82) is 0 Å². The second kappa shape index (κ2) is 10.9. The van der Waals surface area contributed by atoms with Gasteiger partial charge in [-0.05, 0) is 48.0 Å². The summed E-state index contributed by atoms with van der Waals surface area (Å²) in [5.74, 6) is 0.321. The number of nitrogens with one attached hydrogen (secondary N) is 3. The first-order chi connectivity index (χ1) is 18.2. The van der Waals surface area contributed by atoms with Gasteiger partial charge in [0.1, 0.15) is 22.9 Å². The first kappa shape index (κ1) is 26.1. The average molecular weight is 526 g/mol. The maximum absolute atomic E-state index is 13.1. The second-order valence-corrected chi connectivity index (χ2v) is 7.77. The average Bonchev–Trinajstić information content (AvgIpc) is 3.39. The number of hydrogen-bond acceptors (Lipinski definition) is 6. The zero-order chi connectivity index (χ0) is 27.3. The third kappa shape index (κ3) is 6.22. The smallest absolute Gasteiger partial charge is 0.416 e. The molecule has 2 aromatic heterocycles. The van der Waals surface area contributed by atoms with Crippen LogP contribution in [0.4, 0.5) is 23.7 Å². The van der Waals surface area contributed by atoms with Crippen molar-refractivity contribution in [2.75, 3.05) is 19.5 Å². The molecule has 0 spiro atoms. The lowest BCUT2D eigenvalue weighted by molar-refractivity contribution is -0.137. The van der Waals surface area contributed by atoms with Crippen molar-refractivity contribution < 1.29 is 37.0 Å². The van der Waals surface area contributed by atoms with Crippen molar-refractivity contribution in [3.8, 4) is 34.3 Å². The van der Waals surface area contributed by atoms with Crippen LogP contribution in [0.1, 0.15) is 16.1 Å². The number of ether oxygens (including phenoxy) is 3. The summed E-state index contributed by atoms with van der Waals surface area (Å²) in [5, 5.41) is 4.78. The summed E-state index contributed by atoms with van der Waals surface area (Å²) in [4.78, 5) is 30.9. The number of amides is 2. The van der Waals surface area contributed by atoms with E-state index in [9.17, 15) is 22.8 Å². The predicted molar refractivity (Wildman–Crippen MR) is 132 cm³/mol. The predicted octanol–water partition coefficient (Wildman–Crippen LogP) is 5.87. The van der Waals surface area contributed by atoms with Crippen molar-refractivity contribution >= 4 is 17.7 Å². The van der Waals surface area contributed by atoms with E-state index in [1.165, 1.54) is 26.4 Å². The molecule has 2 aromatic carbocycles. The number of aromatic nitrogens is 2. The summed E-state index contributed by atoms with van der Waals surface area (Å²) in [7, 11) is 2.72. The molecule has 2 heterocycles. The molecular formula is C26H21F3N4O5. The van der Waals surface area contributed by atoms with Crippen LogP contribution >= 0.6 is 0 Å². The number of anilines is 1. The van der Waals surface area contributed by atoms with Crippen molar-refractivity contribution in [2.24, 2.45) is 0 Å². The van der Waals surface area contributed by atoms with Crippen molar-refractivity contribution in [1.82, 2.24) is 15.3 Å². The number of pyridine rings is 1. The summed E-state index contributed by atoms with van der Waals surface area (Å²) >= 11 is 0. The van der Waals surface area contributed by atoms with Gasteiger partial charge in [0.05, 0.1) is 18.4 Å². The first-order valence-electron chi connectivity index (χ1n) is 11.0. The van der Waals surface area contributed by atoms with Crippen molar-refractivity contribution in [2.45, 2.75) is 6.18 Å². The van der Waals surface area contributed by atoms with Crippen molar-refractivity contribution in [3.63, 3.8) is 0 Å². The van der Waals surface area contributed by atoms with Crippen LogP contribution in [0, 0.1) is 0 Å². The molecule has 0 radical (unpaired) electrons. The lowest BCUT2D eigenvalue weighted by Crippen LogP contribution is -2.22. The van der Waals surface area contributed by atoms with Crippen LogP contribution in [-0.4, -0.2) is 36.1 Å². The van der Waals surface area contributed by atoms with Gasteiger partial charge < -0.3 is 29.8 Å². The summed E-state index contributed by atoms with van der Waals surface area (Å²) in [5.41, 5.74) is 0.423. The number of benzene rings is 2. The normalized spacial score (nSPS) is 11.0. The van der Waals surface area contributed by atoms with Gasteiger partial charge in [0.25, 0.3) is 5.91 Å². The van der Waals surface area contributed by atoms with Crippen LogP contribution in [0.3, 0.4) is 0 Å². The number of rotatable bonds is 7. The van der Waals surface area contributed by atoms with Crippen LogP contribution in [0.25, 0.3) is 11.1 Å². The van der Waals surface area contributed by atoms with Gasteiger partial charge in [-0.1, -0.05) is 12.1 Å². The highest BCUT2D eigenvalue weighted by Gasteiger charge is 2.31. The molecule has 0 aliphatic rings. The fraction of sp³-hybridized carbons (Fsp3) is 0.115. The van der Waals surface area contributed by atoms with Crippen LogP contribution in [0.5, 0.6) is 23.1 Å². The van der Waals surface area contributed by atoms with Gasteiger partial charge in [0.15, 0.2) is 0 Å². The lowest BCUT2D eigenvalue weighted by Gasteiger charge is -2.13. The molecule has 4 rings (SSSR count). The largest absolute Gasteiger partial charge is 0.495 e. The Morgan fingerprint density at radius 2 is 1.76 bits per heavy atom. The molecule has 3 N–H and O–H groups in total. The quantitative estimate of drug-likeness (QED) is 0.278. The zero-order valence-corrected chi connectivity index (χ0v) is 20.1. The number of carbonyl (C=O) groups is 2. The van der Waals surface area contributed by atoms with E-state index in [4.69, 9.17) is 14.2 Å². The third-order valence-electron chi connectivity index (χ3n) is 5.21. The number of carbonyl (C=O) groups excluding carboxylic acids is 2. The van der Waals surface area contributed by atoms with Gasteiger partial charge in [0, 0.05) is 31.1 Å². The molecule has 0 saturated carbocycles. The van der Waals surface area contributed by atoms with Gasteiger partial charge in [-0.3, -0.25) is 4.79 Å². The minimum atomic E-state index is -4.58. The van der Waals surface area contributed by atoms with Gasteiger partial charge in [-0.2, -0.15) is 13.2 Å². The van der Waals surface area contributed by atoms with Gasteiger partial charge in [-0.15, -0.1) is 0 Å². The first-order valence-corrected chi connectivity index (χ1v) is 11.0.